The zero-order chi connectivity index (χ0) is 23.9. The van der Waals surface area contributed by atoms with Gasteiger partial charge in [-0.25, -0.2) is 0 Å². The van der Waals surface area contributed by atoms with E-state index in [1.807, 2.05) is 36.4 Å². The number of fused-ring (bicyclic) bond motifs is 1. The van der Waals surface area contributed by atoms with E-state index in [1.165, 1.54) is 0 Å². The van der Waals surface area contributed by atoms with E-state index in [2.05, 4.69) is 13.0 Å². The van der Waals surface area contributed by atoms with Gasteiger partial charge >= 0.3 is 11.9 Å². The van der Waals surface area contributed by atoms with Gasteiger partial charge in [0.15, 0.2) is 5.41 Å². The van der Waals surface area contributed by atoms with Crippen molar-refractivity contribution in [1.82, 2.24) is 0 Å². The van der Waals surface area contributed by atoms with E-state index < -0.39 is 28.6 Å². The van der Waals surface area contributed by atoms with Crippen LogP contribution in [-0.4, -0.2) is 28.9 Å². The predicted molar refractivity (Wildman–Crippen MR) is 123 cm³/mol. The van der Waals surface area contributed by atoms with Gasteiger partial charge in [-0.15, -0.1) is 0 Å². The Morgan fingerprint density at radius 3 is 1.91 bits per heavy atom. The first kappa shape index (κ1) is 24.2. The topological polar surface area (TPSA) is 69.7 Å². The SMILES string of the molecule is C[C@@H]1C=C[C@H]2CC(C(=O)OC(C)(C)C)(C(=O)OC(C)(C)C)CC(=O)[C@@H]2[C@H]1c1ccccc1. The van der Waals surface area contributed by atoms with Crippen LogP contribution < -0.4 is 0 Å². The summed E-state index contributed by atoms with van der Waals surface area (Å²) >= 11 is 0. The fraction of sp³-hybridized carbons (Fsp3) is 0.593. The monoisotopic (exact) mass is 440 g/mol. The molecule has 1 saturated carbocycles. The van der Waals surface area contributed by atoms with Crippen LogP contribution in [0.4, 0.5) is 0 Å². The lowest BCUT2D eigenvalue weighted by molar-refractivity contribution is -0.191. The Hall–Kier alpha value is -2.43. The van der Waals surface area contributed by atoms with Crippen molar-refractivity contribution in [3.05, 3.63) is 48.0 Å². The molecule has 0 unspecified atom stereocenters. The molecule has 1 aromatic carbocycles. The number of hydrogen-bond acceptors (Lipinski definition) is 5. The molecule has 0 bridgehead atoms. The summed E-state index contributed by atoms with van der Waals surface area (Å²) in [5.41, 5.74) is -2.09. The van der Waals surface area contributed by atoms with Crippen LogP contribution in [-0.2, 0) is 23.9 Å². The van der Waals surface area contributed by atoms with Gasteiger partial charge in [-0.05, 0) is 65.4 Å². The molecule has 5 heteroatoms. The van der Waals surface area contributed by atoms with Crippen LogP contribution in [0.2, 0.25) is 0 Å². The van der Waals surface area contributed by atoms with Crippen molar-refractivity contribution in [3.63, 3.8) is 0 Å². The first-order chi connectivity index (χ1) is 14.7. The Kier molecular flexibility index (Phi) is 6.43. The molecule has 1 fully saturated rings. The molecule has 0 aromatic heterocycles. The number of hydrogen-bond donors (Lipinski definition) is 0. The summed E-state index contributed by atoms with van der Waals surface area (Å²) in [7, 11) is 0. The minimum atomic E-state index is -1.63. The maximum atomic E-state index is 13.7. The second-order valence-electron chi connectivity index (χ2n) is 11.3. The first-order valence-corrected chi connectivity index (χ1v) is 11.5. The molecular weight excluding hydrogens is 404 g/mol. The summed E-state index contributed by atoms with van der Waals surface area (Å²) in [5, 5.41) is 0. The van der Waals surface area contributed by atoms with Crippen molar-refractivity contribution in [2.45, 2.75) is 78.4 Å². The minimum Gasteiger partial charge on any atom is -0.459 e. The molecule has 0 saturated heterocycles. The van der Waals surface area contributed by atoms with E-state index in [9.17, 15) is 14.4 Å². The molecule has 0 aliphatic heterocycles. The number of ketones is 1. The lowest BCUT2D eigenvalue weighted by Gasteiger charge is -2.46. The molecule has 0 heterocycles. The number of rotatable bonds is 3. The van der Waals surface area contributed by atoms with Crippen LogP contribution in [0.15, 0.2) is 42.5 Å². The van der Waals surface area contributed by atoms with Crippen molar-refractivity contribution >= 4 is 17.7 Å². The number of allylic oxidation sites excluding steroid dienone is 2. The average Bonchev–Trinajstić information content (AvgIpc) is 2.66. The number of benzene rings is 1. The van der Waals surface area contributed by atoms with Crippen molar-refractivity contribution in [3.8, 4) is 0 Å². The number of esters is 2. The second kappa shape index (κ2) is 8.49. The zero-order valence-electron chi connectivity index (χ0n) is 20.3. The van der Waals surface area contributed by atoms with Crippen molar-refractivity contribution in [2.24, 2.45) is 23.2 Å². The highest BCUT2D eigenvalue weighted by molar-refractivity contribution is 6.05. The molecule has 5 nitrogen and oxygen atoms in total. The van der Waals surface area contributed by atoms with Crippen LogP contribution in [0.1, 0.15) is 72.8 Å². The van der Waals surface area contributed by atoms with Gasteiger partial charge in [-0.2, -0.15) is 0 Å². The Labute approximate surface area is 191 Å². The van der Waals surface area contributed by atoms with Crippen LogP contribution in [0.25, 0.3) is 0 Å². The molecular formula is C27H36O5. The van der Waals surface area contributed by atoms with Gasteiger partial charge in [-0.3, -0.25) is 14.4 Å². The number of carbonyl (C=O) groups excluding carboxylic acids is 3. The summed E-state index contributed by atoms with van der Waals surface area (Å²) in [4.78, 5) is 40.5. The molecule has 4 atom stereocenters. The lowest BCUT2D eigenvalue weighted by Crippen LogP contribution is -2.54. The Balaban J connectivity index is 2.02. The average molecular weight is 441 g/mol. The summed E-state index contributed by atoms with van der Waals surface area (Å²) in [6.07, 6.45) is 4.13. The summed E-state index contributed by atoms with van der Waals surface area (Å²) < 4.78 is 11.3. The van der Waals surface area contributed by atoms with Gasteiger partial charge in [0, 0.05) is 18.3 Å². The summed E-state index contributed by atoms with van der Waals surface area (Å²) in [5.74, 6) is -1.76. The molecule has 174 valence electrons. The van der Waals surface area contributed by atoms with E-state index in [1.54, 1.807) is 41.5 Å². The molecule has 1 aromatic rings. The largest absolute Gasteiger partial charge is 0.459 e. The van der Waals surface area contributed by atoms with Crippen molar-refractivity contribution < 1.29 is 23.9 Å². The van der Waals surface area contributed by atoms with Gasteiger partial charge < -0.3 is 9.47 Å². The van der Waals surface area contributed by atoms with E-state index >= 15 is 0 Å². The maximum absolute atomic E-state index is 13.7. The molecule has 3 rings (SSSR count). The smallest absolute Gasteiger partial charge is 0.324 e. The fourth-order valence-electron chi connectivity index (χ4n) is 5.01. The zero-order valence-corrected chi connectivity index (χ0v) is 20.3. The lowest BCUT2D eigenvalue weighted by atomic mass is 9.56. The van der Waals surface area contributed by atoms with Gasteiger partial charge in [0.2, 0.25) is 0 Å². The van der Waals surface area contributed by atoms with E-state index in [0.29, 0.717) is 0 Å². The second-order valence-corrected chi connectivity index (χ2v) is 11.3. The molecule has 0 radical (unpaired) electrons. The first-order valence-electron chi connectivity index (χ1n) is 11.5. The van der Waals surface area contributed by atoms with Gasteiger partial charge in [0.05, 0.1) is 0 Å². The third kappa shape index (κ3) is 4.97. The maximum Gasteiger partial charge on any atom is 0.324 e. The Bertz CT molecular complexity index is 872. The van der Waals surface area contributed by atoms with Crippen LogP contribution >= 0.6 is 0 Å². The predicted octanol–water partition coefficient (Wildman–Crippen LogP) is 5.24. The number of Topliss-reactive ketones (excluding diaryl/α,β-unsaturated/α-hetero) is 1. The van der Waals surface area contributed by atoms with Gasteiger partial charge in [-0.1, -0.05) is 49.4 Å². The molecule has 2 aliphatic rings. The normalized spacial score (nSPS) is 27.4. The fourth-order valence-corrected chi connectivity index (χ4v) is 5.01. The molecule has 32 heavy (non-hydrogen) atoms. The number of carbonyl (C=O) groups is 3. The molecule has 0 spiro atoms. The third-order valence-electron chi connectivity index (χ3n) is 6.27. The standard InChI is InChI=1S/C27H36O5/c1-17-13-14-19-15-27(23(29)31-25(2,3)4,24(30)32-26(5,6)7)16-20(28)22(19)21(17)18-11-9-8-10-12-18/h8-14,17,19,21-22H,15-16H2,1-7H3/t17-,19+,21-,22-/m1/s1. The van der Waals surface area contributed by atoms with Crippen LogP contribution in [0.5, 0.6) is 0 Å². The molecule has 2 aliphatic carbocycles. The Morgan fingerprint density at radius 1 is 0.875 bits per heavy atom. The number of ether oxygens (including phenoxy) is 2. The highest BCUT2D eigenvalue weighted by atomic mass is 16.6. The van der Waals surface area contributed by atoms with Crippen molar-refractivity contribution in [1.29, 1.82) is 0 Å². The van der Waals surface area contributed by atoms with Gasteiger partial charge in [0.25, 0.3) is 0 Å². The van der Waals surface area contributed by atoms with E-state index in [-0.39, 0.29) is 42.3 Å². The minimum absolute atomic E-state index is 0.00831. The molecule has 0 N–H and O–H groups in total. The van der Waals surface area contributed by atoms with E-state index in [0.717, 1.165) is 5.56 Å². The Morgan fingerprint density at radius 2 is 1.41 bits per heavy atom. The quantitative estimate of drug-likeness (QED) is 0.365. The highest BCUT2D eigenvalue weighted by Gasteiger charge is 2.59. The van der Waals surface area contributed by atoms with Crippen LogP contribution in [0.3, 0.4) is 0 Å². The van der Waals surface area contributed by atoms with Gasteiger partial charge in [0.1, 0.15) is 17.0 Å². The summed E-state index contributed by atoms with van der Waals surface area (Å²) in [6, 6.07) is 10.0. The van der Waals surface area contributed by atoms with Crippen LogP contribution in [0, 0.1) is 23.2 Å². The molecule has 0 amide bonds. The highest BCUT2D eigenvalue weighted by Crippen LogP contribution is 2.52. The van der Waals surface area contributed by atoms with Crippen molar-refractivity contribution in [2.75, 3.05) is 0 Å². The van der Waals surface area contributed by atoms with E-state index in [4.69, 9.17) is 9.47 Å². The summed E-state index contributed by atoms with van der Waals surface area (Å²) in [6.45, 7) is 12.7. The third-order valence-corrected chi connectivity index (χ3v) is 6.27.